The summed E-state index contributed by atoms with van der Waals surface area (Å²) in [6, 6.07) is 9.99. The molecule has 2 fully saturated rings. The van der Waals surface area contributed by atoms with E-state index in [0.29, 0.717) is 6.42 Å². The van der Waals surface area contributed by atoms with Crippen molar-refractivity contribution in [3.05, 3.63) is 35.9 Å². The Kier molecular flexibility index (Phi) is 5.95. The molecule has 2 saturated heterocycles. The topological polar surface area (TPSA) is 61.4 Å². The second-order valence-corrected chi connectivity index (χ2v) is 7.08. The van der Waals surface area contributed by atoms with Crippen LogP contribution in [0.1, 0.15) is 38.2 Å². The molecule has 0 spiro atoms. The van der Waals surface area contributed by atoms with Gasteiger partial charge >= 0.3 is 6.03 Å². The van der Waals surface area contributed by atoms with Gasteiger partial charge in [-0.05, 0) is 63.6 Å². The van der Waals surface area contributed by atoms with Crippen LogP contribution in [0.2, 0.25) is 0 Å². The molecule has 138 valence electrons. The summed E-state index contributed by atoms with van der Waals surface area (Å²) in [5, 5.41) is 6.42. The Bertz CT molecular complexity index is 701. The number of imide groups is 1. The molecule has 2 heterocycles. The smallest absolute Gasteiger partial charge is 0.323 e. The lowest BCUT2D eigenvalue weighted by molar-refractivity contribution is -0.133. The van der Waals surface area contributed by atoms with Crippen LogP contribution in [0.5, 0.6) is 0 Å². The van der Waals surface area contributed by atoms with Gasteiger partial charge in [0, 0.05) is 0 Å². The van der Waals surface area contributed by atoms with Gasteiger partial charge in [0.05, 0.1) is 6.54 Å². The monoisotopic (exact) mass is 353 g/mol. The minimum Gasteiger partial charge on any atom is -0.323 e. The summed E-state index contributed by atoms with van der Waals surface area (Å²) in [6.45, 7) is 3.68. The van der Waals surface area contributed by atoms with E-state index in [2.05, 4.69) is 34.6 Å². The summed E-state index contributed by atoms with van der Waals surface area (Å²) >= 11 is 0. The average molecular weight is 353 g/mol. The van der Waals surface area contributed by atoms with Crippen molar-refractivity contribution >= 4 is 11.9 Å². The normalized spacial score (nSPS) is 23.5. The zero-order chi connectivity index (χ0) is 18.4. The molecule has 0 saturated carbocycles. The number of hydrogen-bond donors (Lipinski definition) is 2. The van der Waals surface area contributed by atoms with Gasteiger partial charge in [0.1, 0.15) is 5.54 Å². The molecule has 1 atom stereocenters. The van der Waals surface area contributed by atoms with Crippen LogP contribution >= 0.6 is 0 Å². The van der Waals surface area contributed by atoms with E-state index in [9.17, 15) is 9.59 Å². The van der Waals surface area contributed by atoms with Crippen LogP contribution < -0.4 is 10.6 Å². The van der Waals surface area contributed by atoms with Crippen molar-refractivity contribution < 1.29 is 9.59 Å². The van der Waals surface area contributed by atoms with E-state index in [4.69, 9.17) is 0 Å². The molecule has 2 aliphatic rings. The van der Waals surface area contributed by atoms with Crippen molar-refractivity contribution in [1.82, 2.24) is 15.5 Å². The maximum Gasteiger partial charge on any atom is 0.325 e. The Morgan fingerprint density at radius 1 is 1.19 bits per heavy atom. The summed E-state index contributed by atoms with van der Waals surface area (Å²) in [5.74, 6) is 5.71. The lowest BCUT2D eigenvalue weighted by Gasteiger charge is -2.38. The van der Waals surface area contributed by atoms with Gasteiger partial charge in [0.2, 0.25) is 0 Å². The minimum atomic E-state index is -0.774. The van der Waals surface area contributed by atoms with E-state index in [-0.39, 0.29) is 24.4 Å². The molecule has 0 radical (unpaired) electrons. The Morgan fingerprint density at radius 3 is 2.62 bits per heavy atom. The standard InChI is InChI=1S/C21H27N3O2/c1-2-3-16-24-19(25)21(23-20(24)26,18-11-14-22-15-12-18)13-7-10-17-8-5-4-6-9-17/h4-6,8-9,18,22H,7,10-16H2,1H3,(H,23,26). The van der Waals surface area contributed by atoms with Gasteiger partial charge in [-0.1, -0.05) is 36.3 Å². The lowest BCUT2D eigenvalue weighted by atomic mass is 9.74. The first-order chi connectivity index (χ1) is 12.7. The molecule has 2 aliphatic heterocycles. The van der Waals surface area contributed by atoms with Crippen molar-refractivity contribution in [2.45, 2.75) is 44.6 Å². The highest BCUT2D eigenvalue weighted by molar-refractivity contribution is 6.07. The Hall–Kier alpha value is -2.32. The number of benzene rings is 1. The third kappa shape index (κ3) is 3.76. The van der Waals surface area contributed by atoms with E-state index in [1.807, 2.05) is 18.2 Å². The molecular weight excluding hydrogens is 326 g/mol. The molecule has 3 amide bonds. The lowest BCUT2D eigenvalue weighted by Crippen LogP contribution is -2.55. The molecule has 26 heavy (non-hydrogen) atoms. The molecule has 2 N–H and O–H groups in total. The summed E-state index contributed by atoms with van der Waals surface area (Å²) in [5.41, 5.74) is 0.488. The Balaban J connectivity index is 1.77. The molecule has 5 nitrogen and oxygen atoms in total. The van der Waals surface area contributed by atoms with Crippen molar-refractivity contribution in [3.63, 3.8) is 0 Å². The van der Waals surface area contributed by atoms with Crippen LogP contribution in [0.4, 0.5) is 4.79 Å². The number of rotatable bonds is 6. The van der Waals surface area contributed by atoms with E-state index in [0.717, 1.165) is 38.8 Å². The number of nitrogens with one attached hydrogen (secondary N) is 2. The molecule has 3 rings (SSSR count). The fourth-order valence-electron chi connectivity index (χ4n) is 4.13. The fraction of sp³-hybridized carbons (Fsp3) is 0.524. The van der Waals surface area contributed by atoms with Crippen LogP contribution in [-0.2, 0) is 11.2 Å². The highest BCUT2D eigenvalue weighted by Crippen LogP contribution is 2.36. The first-order valence-electron chi connectivity index (χ1n) is 9.46. The zero-order valence-corrected chi connectivity index (χ0v) is 15.4. The zero-order valence-electron chi connectivity index (χ0n) is 15.4. The minimum absolute atomic E-state index is 0.0924. The third-order valence-electron chi connectivity index (χ3n) is 5.53. The van der Waals surface area contributed by atoms with Crippen LogP contribution in [0.25, 0.3) is 0 Å². The fourth-order valence-corrected chi connectivity index (χ4v) is 4.13. The number of carbonyl (C=O) groups excluding carboxylic acids is 2. The highest BCUT2D eigenvalue weighted by atomic mass is 16.2. The number of aryl methyl sites for hydroxylation is 1. The van der Waals surface area contributed by atoms with Gasteiger partial charge in [0.25, 0.3) is 5.91 Å². The maximum absolute atomic E-state index is 13.2. The molecule has 0 aliphatic carbocycles. The number of amides is 3. The first kappa shape index (κ1) is 18.5. The molecule has 1 unspecified atom stereocenters. The van der Waals surface area contributed by atoms with Crippen molar-refractivity contribution in [2.24, 2.45) is 5.92 Å². The molecular formula is C21H27N3O2. The summed E-state index contributed by atoms with van der Waals surface area (Å²) in [4.78, 5) is 27.0. The van der Waals surface area contributed by atoms with Crippen molar-refractivity contribution in [2.75, 3.05) is 19.6 Å². The van der Waals surface area contributed by atoms with Crippen LogP contribution in [-0.4, -0.2) is 42.0 Å². The summed E-state index contributed by atoms with van der Waals surface area (Å²) in [7, 11) is 0. The largest absolute Gasteiger partial charge is 0.325 e. The molecule has 5 heteroatoms. The first-order valence-corrected chi connectivity index (χ1v) is 9.46. The molecule has 1 aromatic carbocycles. The van der Waals surface area contributed by atoms with Crippen LogP contribution in [0, 0.1) is 17.8 Å². The van der Waals surface area contributed by atoms with Gasteiger partial charge in [-0.25, -0.2) is 4.79 Å². The quantitative estimate of drug-likeness (QED) is 0.609. The second kappa shape index (κ2) is 8.37. The number of nitrogens with zero attached hydrogens (tertiary/aromatic N) is 1. The van der Waals surface area contributed by atoms with E-state index < -0.39 is 5.54 Å². The van der Waals surface area contributed by atoms with E-state index in [1.54, 1.807) is 6.92 Å². The van der Waals surface area contributed by atoms with Crippen molar-refractivity contribution in [1.29, 1.82) is 0 Å². The average Bonchev–Trinajstić information content (AvgIpc) is 2.92. The number of hydrogen-bond acceptors (Lipinski definition) is 3. The molecule has 1 aromatic rings. The summed E-state index contributed by atoms with van der Waals surface area (Å²) < 4.78 is 0. The Labute approximate surface area is 155 Å². The number of carbonyl (C=O) groups is 2. The molecule has 0 bridgehead atoms. The highest BCUT2D eigenvalue weighted by Gasteiger charge is 2.54. The van der Waals surface area contributed by atoms with Gasteiger partial charge in [-0.15, -0.1) is 5.92 Å². The second-order valence-electron chi connectivity index (χ2n) is 7.08. The van der Waals surface area contributed by atoms with E-state index in [1.165, 1.54) is 10.5 Å². The summed E-state index contributed by atoms with van der Waals surface area (Å²) in [6.07, 6.45) is 4.27. The molecule has 0 aromatic heterocycles. The third-order valence-corrected chi connectivity index (χ3v) is 5.53. The SMILES string of the molecule is CC#CCN1C(=O)NC(CCCc2ccccc2)(C2CCNCC2)C1=O. The van der Waals surface area contributed by atoms with Gasteiger partial charge in [-0.2, -0.15) is 0 Å². The van der Waals surface area contributed by atoms with Gasteiger partial charge in [0.15, 0.2) is 0 Å². The predicted molar refractivity (Wildman–Crippen MR) is 101 cm³/mol. The van der Waals surface area contributed by atoms with Crippen LogP contribution in [0.15, 0.2) is 30.3 Å². The van der Waals surface area contributed by atoms with Gasteiger partial charge in [-0.3, -0.25) is 9.69 Å². The van der Waals surface area contributed by atoms with Crippen molar-refractivity contribution in [3.8, 4) is 11.8 Å². The van der Waals surface area contributed by atoms with E-state index >= 15 is 0 Å². The maximum atomic E-state index is 13.2. The Morgan fingerprint density at radius 2 is 1.92 bits per heavy atom. The number of urea groups is 1. The van der Waals surface area contributed by atoms with Crippen LogP contribution in [0.3, 0.4) is 0 Å². The van der Waals surface area contributed by atoms with Gasteiger partial charge < -0.3 is 10.6 Å². The predicted octanol–water partition coefficient (Wildman–Crippen LogP) is 2.32. The number of piperidine rings is 1.